The second kappa shape index (κ2) is 12.6. The number of aryl methyl sites for hydroxylation is 1. The SMILES string of the molecule is COc1ccc(C23CCC(CN(C(=O)[C@@H]4CCC[C@H](CC(=O)O)C4)c4cc(-c5cnn(C(C)C)c5)ccn4)(CC2)CC3)cc1C. The highest BCUT2D eigenvalue weighted by Crippen LogP contribution is 2.58. The number of fused-ring (bicyclic) bond motifs is 3. The summed E-state index contributed by atoms with van der Waals surface area (Å²) in [5, 5.41) is 14.0. The van der Waals surface area contributed by atoms with Crippen LogP contribution >= 0.6 is 0 Å². The topological polar surface area (TPSA) is 97.5 Å². The van der Waals surface area contributed by atoms with Crippen molar-refractivity contribution in [3.05, 3.63) is 60.0 Å². The molecule has 3 aromatic rings. The average molecular weight is 613 g/mol. The molecule has 8 nitrogen and oxygen atoms in total. The van der Waals surface area contributed by atoms with E-state index in [9.17, 15) is 14.7 Å². The van der Waals surface area contributed by atoms with Crippen molar-refractivity contribution in [2.24, 2.45) is 17.3 Å². The number of aromatic nitrogens is 3. The number of carboxylic acids is 1. The number of nitrogens with zero attached hydrogens (tertiary/aromatic N) is 4. The fourth-order valence-corrected chi connectivity index (χ4v) is 8.43. The summed E-state index contributed by atoms with van der Waals surface area (Å²) in [6.07, 6.45) is 15.7. The van der Waals surface area contributed by atoms with E-state index < -0.39 is 5.97 Å². The van der Waals surface area contributed by atoms with Crippen LogP contribution in [0.1, 0.15) is 102 Å². The van der Waals surface area contributed by atoms with E-state index in [2.05, 4.69) is 50.3 Å². The van der Waals surface area contributed by atoms with Crippen LogP contribution in [0, 0.1) is 24.2 Å². The number of carbonyl (C=O) groups excluding carboxylic acids is 1. The van der Waals surface area contributed by atoms with Crippen LogP contribution in [0.2, 0.25) is 0 Å². The van der Waals surface area contributed by atoms with Gasteiger partial charge in [0.05, 0.1) is 13.3 Å². The summed E-state index contributed by atoms with van der Waals surface area (Å²) < 4.78 is 7.48. The molecule has 240 valence electrons. The van der Waals surface area contributed by atoms with Crippen molar-refractivity contribution in [1.82, 2.24) is 14.8 Å². The molecule has 1 N–H and O–H groups in total. The number of benzene rings is 1. The van der Waals surface area contributed by atoms with Gasteiger partial charge in [-0.2, -0.15) is 5.10 Å². The van der Waals surface area contributed by atoms with Crippen molar-refractivity contribution < 1.29 is 19.4 Å². The Bertz CT molecular complexity index is 1520. The second-order valence-electron chi connectivity index (χ2n) is 14.4. The number of carbonyl (C=O) groups is 2. The highest BCUT2D eigenvalue weighted by atomic mass is 16.5. The van der Waals surface area contributed by atoms with Gasteiger partial charge in [0, 0.05) is 42.9 Å². The molecule has 45 heavy (non-hydrogen) atoms. The maximum atomic E-state index is 14.5. The molecule has 4 aliphatic carbocycles. The lowest BCUT2D eigenvalue weighted by Crippen LogP contribution is -2.52. The van der Waals surface area contributed by atoms with Gasteiger partial charge in [0.25, 0.3) is 0 Å². The number of rotatable bonds is 10. The summed E-state index contributed by atoms with van der Waals surface area (Å²) >= 11 is 0. The third-order valence-corrected chi connectivity index (χ3v) is 11.2. The van der Waals surface area contributed by atoms with Crippen molar-refractivity contribution in [2.75, 3.05) is 18.6 Å². The monoisotopic (exact) mass is 612 g/mol. The molecule has 1 amide bonds. The van der Waals surface area contributed by atoms with Gasteiger partial charge in [0.2, 0.25) is 5.91 Å². The maximum absolute atomic E-state index is 14.5. The van der Waals surface area contributed by atoms with Crippen molar-refractivity contribution in [2.45, 2.75) is 103 Å². The van der Waals surface area contributed by atoms with Gasteiger partial charge in [0.1, 0.15) is 11.6 Å². The van der Waals surface area contributed by atoms with Gasteiger partial charge < -0.3 is 9.84 Å². The minimum absolute atomic E-state index is 0.0457. The normalized spacial score (nSPS) is 26.2. The summed E-state index contributed by atoms with van der Waals surface area (Å²) in [5.74, 6) is 0.823. The third-order valence-electron chi connectivity index (χ3n) is 11.2. The molecule has 7 rings (SSSR count). The molecule has 2 heterocycles. The number of carboxylic acid groups (broad SMARTS) is 1. The molecule has 0 saturated heterocycles. The Kier molecular flexibility index (Phi) is 8.77. The molecule has 0 aliphatic heterocycles. The van der Waals surface area contributed by atoms with E-state index in [-0.39, 0.29) is 41.0 Å². The predicted molar refractivity (Wildman–Crippen MR) is 175 cm³/mol. The number of aliphatic carboxylic acids is 1. The number of methoxy groups -OCH3 is 1. The zero-order valence-electron chi connectivity index (χ0n) is 27.3. The summed E-state index contributed by atoms with van der Waals surface area (Å²) in [7, 11) is 1.73. The molecule has 4 saturated carbocycles. The number of anilines is 1. The molecule has 2 aromatic heterocycles. The van der Waals surface area contributed by atoms with Crippen molar-refractivity contribution in [1.29, 1.82) is 0 Å². The molecule has 1 aromatic carbocycles. The van der Waals surface area contributed by atoms with Crippen LogP contribution in [0.15, 0.2) is 48.9 Å². The first kappa shape index (κ1) is 31.3. The highest BCUT2D eigenvalue weighted by molar-refractivity contribution is 5.95. The van der Waals surface area contributed by atoms with E-state index in [0.29, 0.717) is 18.8 Å². The summed E-state index contributed by atoms with van der Waals surface area (Å²) in [6, 6.07) is 11.0. The Morgan fingerprint density at radius 3 is 2.47 bits per heavy atom. The Morgan fingerprint density at radius 2 is 1.82 bits per heavy atom. The number of hydrogen-bond donors (Lipinski definition) is 1. The van der Waals surface area contributed by atoms with Gasteiger partial charge in [-0.25, -0.2) is 4.98 Å². The first-order valence-electron chi connectivity index (χ1n) is 16.8. The summed E-state index contributed by atoms with van der Waals surface area (Å²) in [5.41, 5.74) is 4.85. The summed E-state index contributed by atoms with van der Waals surface area (Å²) in [6.45, 7) is 7.00. The van der Waals surface area contributed by atoms with E-state index in [1.54, 1.807) is 7.11 Å². The van der Waals surface area contributed by atoms with E-state index in [0.717, 1.165) is 74.7 Å². The minimum atomic E-state index is -0.778. The molecule has 4 aliphatic rings. The second-order valence-corrected chi connectivity index (χ2v) is 14.4. The Labute approximate surface area is 267 Å². The van der Waals surface area contributed by atoms with Gasteiger partial charge in [-0.15, -0.1) is 0 Å². The average Bonchev–Trinajstić information content (AvgIpc) is 3.55. The predicted octanol–water partition coefficient (Wildman–Crippen LogP) is 7.75. The zero-order chi connectivity index (χ0) is 31.8. The lowest BCUT2D eigenvalue weighted by molar-refractivity contribution is -0.139. The molecule has 0 radical (unpaired) electrons. The molecular weight excluding hydrogens is 564 g/mol. The third kappa shape index (κ3) is 6.38. The number of hydrogen-bond acceptors (Lipinski definition) is 5. The molecular formula is C37H48N4O4. The Morgan fingerprint density at radius 1 is 1.07 bits per heavy atom. The maximum Gasteiger partial charge on any atom is 0.303 e. The lowest BCUT2D eigenvalue weighted by atomic mass is 9.51. The molecule has 8 heteroatoms. The number of ether oxygens (including phenoxy) is 1. The van der Waals surface area contributed by atoms with Crippen LogP contribution in [0.5, 0.6) is 5.75 Å². The van der Waals surface area contributed by atoms with E-state index >= 15 is 0 Å². The van der Waals surface area contributed by atoms with Gasteiger partial charge in [-0.3, -0.25) is 19.2 Å². The van der Waals surface area contributed by atoms with E-state index in [1.807, 2.05) is 34.1 Å². The standard InChI is InChI=1S/C37H48N4O4/c1-25(2)41-23-30(22-39-41)28-10-17-38-33(21-28)40(35(44)29-7-5-6-27(19-29)20-34(42)43)24-36-11-14-37(15-12-36,16-13-36)31-8-9-32(45-4)26(3)18-31/h8-10,17-18,21-23,25,27,29H,5-7,11-16,19-20,24H2,1-4H3,(H,42,43)/t27-,29+,36?,37?/m0/s1. The van der Waals surface area contributed by atoms with Crippen LogP contribution in [0.25, 0.3) is 11.1 Å². The number of amides is 1. The highest BCUT2D eigenvalue weighted by Gasteiger charge is 2.51. The summed E-state index contributed by atoms with van der Waals surface area (Å²) in [4.78, 5) is 32.8. The largest absolute Gasteiger partial charge is 0.496 e. The smallest absolute Gasteiger partial charge is 0.303 e. The molecule has 2 atom stereocenters. The molecule has 4 fully saturated rings. The van der Waals surface area contributed by atoms with Crippen molar-refractivity contribution >= 4 is 17.7 Å². The molecule has 2 bridgehead atoms. The van der Waals surface area contributed by atoms with Crippen molar-refractivity contribution in [3.63, 3.8) is 0 Å². The lowest BCUT2D eigenvalue weighted by Gasteiger charge is -2.55. The minimum Gasteiger partial charge on any atom is -0.496 e. The quantitative estimate of drug-likeness (QED) is 0.251. The zero-order valence-corrected chi connectivity index (χ0v) is 27.3. The Hall–Kier alpha value is -3.68. The van der Waals surface area contributed by atoms with Crippen LogP contribution < -0.4 is 9.64 Å². The number of pyridine rings is 1. The Balaban J connectivity index is 1.27. The molecule has 0 unspecified atom stereocenters. The van der Waals surface area contributed by atoms with Crippen LogP contribution in [0.3, 0.4) is 0 Å². The molecule has 0 spiro atoms. The van der Waals surface area contributed by atoms with Crippen LogP contribution in [-0.2, 0) is 15.0 Å². The van der Waals surface area contributed by atoms with Crippen molar-refractivity contribution in [3.8, 4) is 16.9 Å². The van der Waals surface area contributed by atoms with Crippen LogP contribution in [-0.4, -0.2) is 45.4 Å². The van der Waals surface area contributed by atoms with E-state index in [4.69, 9.17) is 9.72 Å². The van der Waals surface area contributed by atoms with Gasteiger partial charge >= 0.3 is 5.97 Å². The fourth-order valence-electron chi connectivity index (χ4n) is 8.43. The van der Waals surface area contributed by atoms with Gasteiger partial charge in [0.15, 0.2) is 0 Å². The first-order valence-corrected chi connectivity index (χ1v) is 16.8. The first-order chi connectivity index (χ1) is 21.6. The fraction of sp³-hybridized carbons (Fsp3) is 0.568. The van der Waals surface area contributed by atoms with E-state index in [1.165, 1.54) is 11.1 Å². The van der Waals surface area contributed by atoms with Gasteiger partial charge in [-0.1, -0.05) is 18.6 Å². The van der Waals surface area contributed by atoms with Crippen LogP contribution in [0.4, 0.5) is 5.82 Å². The van der Waals surface area contributed by atoms with Gasteiger partial charge in [-0.05, 0) is 130 Å².